The lowest BCUT2D eigenvalue weighted by Gasteiger charge is -2.26. The van der Waals surface area contributed by atoms with Crippen LogP contribution >= 0.6 is 22.7 Å². The third kappa shape index (κ3) is 5.65. The van der Waals surface area contributed by atoms with Crippen molar-refractivity contribution in [2.45, 2.75) is 0 Å². The van der Waals surface area contributed by atoms with Gasteiger partial charge >= 0.3 is 0 Å². The maximum Gasteiger partial charge on any atom is 0.116 e. The summed E-state index contributed by atoms with van der Waals surface area (Å²) in [6.07, 6.45) is 7.40. The predicted molar refractivity (Wildman–Crippen MR) is 207 cm³/mol. The predicted octanol–water partition coefficient (Wildman–Crippen LogP) is 12.5. The number of pyridine rings is 2. The van der Waals surface area contributed by atoms with Gasteiger partial charge in [-0.15, -0.1) is 22.7 Å². The summed E-state index contributed by atoms with van der Waals surface area (Å²) >= 11 is 3.64. The van der Waals surface area contributed by atoms with Crippen LogP contribution in [0.25, 0.3) is 41.1 Å². The quantitative estimate of drug-likeness (QED) is 0.175. The molecule has 234 valence electrons. The van der Waals surface area contributed by atoms with Crippen molar-refractivity contribution in [2.24, 2.45) is 0 Å². The lowest BCUT2D eigenvalue weighted by molar-refractivity contribution is 1.15. The SMILES string of the molecule is c1cncc(N(c2ccc(-c3cc4ccccc4s3)cc2)c2ccc(N(c3ccc(-c4cc5ccccc5s4)cc3)c3cccnc3)[nH]2)c1. The number of nitrogens with zero attached hydrogens (tertiary/aromatic N) is 4. The van der Waals surface area contributed by atoms with Gasteiger partial charge < -0.3 is 4.98 Å². The summed E-state index contributed by atoms with van der Waals surface area (Å²) in [4.78, 5) is 19.6. The molecule has 0 amide bonds. The number of thiophene rings is 2. The second-order valence-corrected chi connectivity index (χ2v) is 13.9. The Balaban J connectivity index is 1.08. The van der Waals surface area contributed by atoms with Crippen LogP contribution in [0.2, 0.25) is 0 Å². The van der Waals surface area contributed by atoms with E-state index in [1.165, 1.54) is 41.1 Å². The highest BCUT2D eigenvalue weighted by atomic mass is 32.1. The van der Waals surface area contributed by atoms with Gasteiger partial charge in [0.2, 0.25) is 0 Å². The first kappa shape index (κ1) is 29.1. The fourth-order valence-corrected chi connectivity index (χ4v) is 8.39. The molecule has 7 heteroatoms. The second-order valence-electron chi connectivity index (χ2n) is 11.7. The number of anilines is 6. The van der Waals surface area contributed by atoms with Crippen molar-refractivity contribution in [2.75, 3.05) is 9.80 Å². The lowest BCUT2D eigenvalue weighted by atomic mass is 10.1. The minimum atomic E-state index is 0.924. The Bertz CT molecular complexity index is 2260. The fraction of sp³-hybridized carbons (Fsp3) is 0. The Morgan fingerprint density at radius 1 is 0.429 bits per heavy atom. The van der Waals surface area contributed by atoms with Gasteiger partial charge in [-0.1, -0.05) is 60.7 Å². The van der Waals surface area contributed by atoms with Crippen molar-refractivity contribution < 1.29 is 0 Å². The minimum absolute atomic E-state index is 0.924. The zero-order valence-electron chi connectivity index (χ0n) is 26.3. The highest BCUT2D eigenvalue weighted by molar-refractivity contribution is 7.22. The Hall–Kier alpha value is -6.02. The van der Waals surface area contributed by atoms with Crippen LogP contribution in [0.3, 0.4) is 0 Å². The Labute approximate surface area is 292 Å². The first-order chi connectivity index (χ1) is 24.3. The molecule has 0 spiro atoms. The van der Waals surface area contributed by atoms with Gasteiger partial charge in [0.05, 0.1) is 23.8 Å². The van der Waals surface area contributed by atoms with Crippen LogP contribution in [-0.2, 0) is 0 Å². The molecule has 9 rings (SSSR count). The maximum atomic E-state index is 4.46. The molecule has 0 aliphatic heterocycles. The van der Waals surface area contributed by atoms with E-state index in [2.05, 4.69) is 158 Å². The van der Waals surface area contributed by atoms with Crippen molar-refractivity contribution in [3.8, 4) is 20.9 Å². The van der Waals surface area contributed by atoms with E-state index >= 15 is 0 Å². The zero-order valence-corrected chi connectivity index (χ0v) is 27.9. The van der Waals surface area contributed by atoms with Crippen molar-refractivity contribution in [3.63, 3.8) is 0 Å². The molecule has 5 heterocycles. The smallest absolute Gasteiger partial charge is 0.116 e. The van der Waals surface area contributed by atoms with Crippen LogP contribution in [-0.4, -0.2) is 15.0 Å². The number of hydrogen-bond acceptors (Lipinski definition) is 6. The highest BCUT2D eigenvalue weighted by Gasteiger charge is 2.19. The molecule has 1 N–H and O–H groups in total. The molecule has 5 aromatic heterocycles. The van der Waals surface area contributed by atoms with E-state index in [-0.39, 0.29) is 0 Å². The number of aromatic nitrogens is 3. The Morgan fingerprint density at radius 3 is 1.29 bits per heavy atom. The summed E-state index contributed by atoms with van der Waals surface area (Å²) in [6.45, 7) is 0. The molecule has 0 bridgehead atoms. The molecule has 0 saturated heterocycles. The summed E-state index contributed by atoms with van der Waals surface area (Å²) in [5.41, 5.74) is 6.39. The van der Waals surface area contributed by atoms with E-state index in [1.54, 1.807) is 12.4 Å². The van der Waals surface area contributed by atoms with Gasteiger partial charge in [-0.05, 0) is 107 Å². The molecular formula is C42H29N5S2. The Morgan fingerprint density at radius 2 is 0.878 bits per heavy atom. The van der Waals surface area contributed by atoms with Crippen LogP contribution in [0.15, 0.2) is 170 Å². The monoisotopic (exact) mass is 667 g/mol. The molecule has 0 aliphatic rings. The average Bonchev–Trinajstić information content (AvgIpc) is 3.93. The van der Waals surface area contributed by atoms with Crippen LogP contribution in [0.4, 0.5) is 34.4 Å². The summed E-state index contributed by atoms with van der Waals surface area (Å²) in [5.74, 6) is 1.85. The maximum absolute atomic E-state index is 4.46. The number of benzene rings is 4. The summed E-state index contributed by atoms with van der Waals surface area (Å²) in [7, 11) is 0. The molecule has 4 aromatic carbocycles. The number of nitrogens with one attached hydrogen (secondary N) is 1. The van der Waals surface area contributed by atoms with Crippen molar-refractivity contribution in [1.29, 1.82) is 0 Å². The molecule has 0 aliphatic carbocycles. The fourth-order valence-electron chi connectivity index (χ4n) is 6.26. The van der Waals surface area contributed by atoms with E-state index in [0.29, 0.717) is 0 Å². The van der Waals surface area contributed by atoms with Crippen LogP contribution in [0, 0.1) is 0 Å². The second kappa shape index (κ2) is 12.5. The summed E-state index contributed by atoms with van der Waals surface area (Å²) < 4.78 is 2.59. The molecule has 0 atom stereocenters. The van der Waals surface area contributed by atoms with Gasteiger partial charge in [-0.2, -0.15) is 0 Å². The molecule has 0 unspecified atom stereocenters. The molecule has 5 nitrogen and oxygen atoms in total. The molecule has 0 radical (unpaired) electrons. The molecule has 0 fully saturated rings. The number of H-pyrrole nitrogens is 1. The standard InChI is InChI=1S/C42H29N5S2/c1-3-11-37-31(7-1)25-39(48-37)29-13-17-33(18-14-29)46(35-9-5-23-43-27-35)41-21-22-42(45-41)47(36-10-6-24-44-28-36)34-19-15-30(16-20-34)40-26-32-8-2-4-12-38(32)49-40/h1-28,45H. The highest BCUT2D eigenvalue weighted by Crippen LogP contribution is 2.41. The summed E-state index contributed by atoms with van der Waals surface area (Å²) in [6, 6.07) is 51.5. The van der Waals surface area contributed by atoms with Gasteiger partial charge in [-0.3, -0.25) is 19.8 Å². The van der Waals surface area contributed by atoms with E-state index < -0.39 is 0 Å². The third-order valence-corrected chi connectivity index (χ3v) is 10.9. The van der Waals surface area contributed by atoms with Gasteiger partial charge in [0, 0.05) is 42.9 Å². The van der Waals surface area contributed by atoms with E-state index in [4.69, 9.17) is 0 Å². The molecule has 0 saturated carbocycles. The van der Waals surface area contributed by atoms with Crippen molar-refractivity contribution in [1.82, 2.24) is 15.0 Å². The van der Waals surface area contributed by atoms with Crippen LogP contribution in [0.1, 0.15) is 0 Å². The lowest BCUT2D eigenvalue weighted by Crippen LogP contribution is -2.13. The van der Waals surface area contributed by atoms with E-state index in [9.17, 15) is 0 Å². The number of fused-ring (bicyclic) bond motifs is 2. The van der Waals surface area contributed by atoms with Gasteiger partial charge in [-0.25, -0.2) is 0 Å². The van der Waals surface area contributed by atoms with Gasteiger partial charge in [0.15, 0.2) is 0 Å². The number of rotatable bonds is 8. The molecule has 9 aromatic rings. The summed E-state index contributed by atoms with van der Waals surface area (Å²) in [5, 5.41) is 2.55. The largest absolute Gasteiger partial charge is 0.327 e. The average molecular weight is 668 g/mol. The number of hydrogen-bond donors (Lipinski definition) is 1. The Kier molecular flexibility index (Phi) is 7.46. The van der Waals surface area contributed by atoms with Gasteiger partial charge in [0.25, 0.3) is 0 Å². The minimum Gasteiger partial charge on any atom is -0.327 e. The van der Waals surface area contributed by atoms with Crippen LogP contribution in [0.5, 0.6) is 0 Å². The third-order valence-electron chi connectivity index (χ3n) is 8.62. The zero-order chi connectivity index (χ0) is 32.6. The van der Waals surface area contributed by atoms with E-state index in [0.717, 1.165) is 34.4 Å². The number of aromatic amines is 1. The topological polar surface area (TPSA) is 48.1 Å². The molecular weight excluding hydrogens is 639 g/mol. The van der Waals surface area contributed by atoms with E-state index in [1.807, 2.05) is 47.2 Å². The normalized spacial score (nSPS) is 11.3. The van der Waals surface area contributed by atoms with Crippen molar-refractivity contribution >= 4 is 77.2 Å². The molecule has 49 heavy (non-hydrogen) atoms. The van der Waals surface area contributed by atoms with Gasteiger partial charge in [0.1, 0.15) is 11.6 Å². The van der Waals surface area contributed by atoms with Crippen LogP contribution < -0.4 is 9.80 Å². The first-order valence-corrected chi connectivity index (χ1v) is 17.7. The first-order valence-electron chi connectivity index (χ1n) is 16.0. The van der Waals surface area contributed by atoms with Crippen molar-refractivity contribution in [3.05, 3.63) is 170 Å².